The third-order valence-electron chi connectivity index (χ3n) is 6.55. The van der Waals surface area contributed by atoms with Crippen LogP contribution in [0.4, 0.5) is 5.69 Å². The first-order valence-electron chi connectivity index (χ1n) is 10.4. The van der Waals surface area contributed by atoms with Gasteiger partial charge in [-0.1, -0.05) is 66.9 Å². The zero-order chi connectivity index (χ0) is 21.8. The minimum absolute atomic E-state index is 0.0589. The molecule has 5 rings (SSSR count). The predicted octanol–water partition coefficient (Wildman–Crippen LogP) is 5.71. The number of nitrogens with zero attached hydrogens (tertiary/aromatic N) is 3. The van der Waals surface area contributed by atoms with Crippen molar-refractivity contribution in [2.75, 3.05) is 5.32 Å². The molecule has 0 saturated carbocycles. The molecular weight excluding hydrogens is 431 g/mol. The zero-order valence-electron chi connectivity index (χ0n) is 17.1. The van der Waals surface area contributed by atoms with E-state index in [1.54, 1.807) is 6.33 Å². The molecule has 0 aliphatic carbocycles. The van der Waals surface area contributed by atoms with Gasteiger partial charge in [-0.3, -0.25) is 4.79 Å². The van der Waals surface area contributed by atoms with E-state index in [0.717, 1.165) is 41.1 Å². The van der Waals surface area contributed by atoms with Crippen molar-refractivity contribution in [1.82, 2.24) is 14.8 Å². The van der Waals surface area contributed by atoms with Crippen molar-refractivity contribution in [3.05, 3.63) is 87.9 Å². The summed E-state index contributed by atoms with van der Waals surface area (Å²) in [4.78, 5) is 14.0. The van der Waals surface area contributed by atoms with Crippen molar-refractivity contribution in [3.63, 3.8) is 0 Å². The van der Waals surface area contributed by atoms with Crippen LogP contribution in [-0.2, 0) is 16.6 Å². The third-order valence-corrected chi connectivity index (χ3v) is 7.02. The van der Waals surface area contributed by atoms with E-state index >= 15 is 0 Å². The number of carbonyl (C=O) groups excluding carboxylic acids is 1. The van der Waals surface area contributed by atoms with Gasteiger partial charge >= 0.3 is 0 Å². The highest BCUT2D eigenvalue weighted by atomic mass is 35.5. The first-order chi connectivity index (χ1) is 15.0. The maximum absolute atomic E-state index is 14.0. The molecule has 1 N–H and O–H groups in total. The SMILES string of the molecule is C=C(CCC)C1n2cnnc2CC(c2cccc(Cl)c2)C12C(=O)Nc1cc(Cl)ccc12. The second-order valence-corrected chi connectivity index (χ2v) is 9.16. The van der Waals surface area contributed by atoms with Gasteiger partial charge in [0.1, 0.15) is 17.6 Å². The number of halogens is 2. The Morgan fingerprint density at radius 1 is 1.26 bits per heavy atom. The van der Waals surface area contributed by atoms with Gasteiger partial charge < -0.3 is 9.88 Å². The second kappa shape index (κ2) is 7.50. The molecule has 3 heterocycles. The number of hydrogen-bond donors (Lipinski definition) is 1. The van der Waals surface area contributed by atoms with Gasteiger partial charge in [0.05, 0.1) is 6.04 Å². The largest absolute Gasteiger partial charge is 0.325 e. The minimum Gasteiger partial charge on any atom is -0.325 e. The van der Waals surface area contributed by atoms with Crippen molar-refractivity contribution in [2.45, 2.75) is 43.6 Å². The first-order valence-corrected chi connectivity index (χ1v) is 11.1. The molecule has 31 heavy (non-hydrogen) atoms. The Morgan fingerprint density at radius 3 is 2.84 bits per heavy atom. The zero-order valence-corrected chi connectivity index (χ0v) is 18.6. The van der Waals surface area contributed by atoms with E-state index in [2.05, 4.69) is 29.0 Å². The number of hydrogen-bond acceptors (Lipinski definition) is 3. The third kappa shape index (κ3) is 2.94. The fraction of sp³-hybridized carbons (Fsp3) is 0.292. The van der Waals surface area contributed by atoms with Gasteiger partial charge in [-0.2, -0.15) is 0 Å². The molecule has 3 atom stereocenters. The van der Waals surface area contributed by atoms with Gasteiger partial charge in [0.25, 0.3) is 0 Å². The summed E-state index contributed by atoms with van der Waals surface area (Å²) < 4.78 is 2.03. The van der Waals surface area contributed by atoms with Crippen LogP contribution in [-0.4, -0.2) is 20.7 Å². The summed E-state index contributed by atoms with van der Waals surface area (Å²) in [6.07, 6.45) is 4.01. The van der Waals surface area contributed by atoms with E-state index in [-0.39, 0.29) is 17.9 Å². The number of carbonyl (C=O) groups is 1. The molecular formula is C24H22Cl2N4O. The molecule has 3 unspecified atom stereocenters. The van der Waals surface area contributed by atoms with Crippen molar-refractivity contribution in [1.29, 1.82) is 0 Å². The number of aromatic nitrogens is 3. The highest BCUT2D eigenvalue weighted by Gasteiger charge is 2.61. The van der Waals surface area contributed by atoms with Crippen molar-refractivity contribution in [2.24, 2.45) is 0 Å². The minimum atomic E-state index is -0.910. The maximum Gasteiger partial charge on any atom is 0.238 e. The molecule has 2 aliphatic rings. The summed E-state index contributed by atoms with van der Waals surface area (Å²) in [5, 5.41) is 12.9. The van der Waals surface area contributed by atoms with E-state index in [1.807, 2.05) is 47.0 Å². The molecule has 3 aromatic rings. The number of nitrogens with one attached hydrogen (secondary N) is 1. The number of fused-ring (bicyclic) bond motifs is 3. The average molecular weight is 453 g/mol. The van der Waals surface area contributed by atoms with Crippen LogP contribution in [0.5, 0.6) is 0 Å². The summed E-state index contributed by atoms with van der Waals surface area (Å²) in [6.45, 7) is 6.54. The number of allylic oxidation sites excluding steroid dienone is 1. The lowest BCUT2D eigenvalue weighted by Gasteiger charge is -2.47. The normalized spacial score (nSPS) is 24.0. The standard InChI is InChI=1S/C24H22Cl2N4O/c1-3-5-14(2)22-24(18-9-8-17(26)11-20(18)28-23(24)31)19(12-21-29-27-13-30(21)22)15-6-4-7-16(25)10-15/h4,6-11,13,19,22H,2-3,5,12H2,1H3,(H,28,31). The molecule has 1 spiro atoms. The first kappa shape index (κ1) is 20.3. The number of benzene rings is 2. The molecule has 0 radical (unpaired) electrons. The molecule has 1 amide bonds. The van der Waals surface area contributed by atoms with Crippen LogP contribution in [0.2, 0.25) is 10.0 Å². The van der Waals surface area contributed by atoms with Gasteiger partial charge in [0, 0.05) is 28.1 Å². The summed E-state index contributed by atoms with van der Waals surface area (Å²) >= 11 is 12.6. The number of amides is 1. The molecule has 158 valence electrons. The van der Waals surface area contributed by atoms with Crippen LogP contribution >= 0.6 is 23.2 Å². The number of anilines is 1. The Hall–Kier alpha value is -2.63. The fourth-order valence-corrected chi connectivity index (χ4v) is 5.78. The Bertz CT molecular complexity index is 1200. The summed E-state index contributed by atoms with van der Waals surface area (Å²) in [5.41, 5.74) is 2.73. The molecule has 1 aromatic heterocycles. The Labute approximate surface area is 191 Å². The lowest BCUT2D eigenvalue weighted by molar-refractivity contribution is -0.123. The van der Waals surface area contributed by atoms with Gasteiger partial charge in [0.15, 0.2) is 0 Å². The van der Waals surface area contributed by atoms with E-state index < -0.39 is 5.41 Å². The number of rotatable bonds is 4. The molecule has 5 nitrogen and oxygen atoms in total. The van der Waals surface area contributed by atoms with Gasteiger partial charge in [0.2, 0.25) is 5.91 Å². The lowest BCUT2D eigenvalue weighted by atomic mass is 9.59. The van der Waals surface area contributed by atoms with Gasteiger partial charge in [-0.05, 0) is 41.8 Å². The second-order valence-electron chi connectivity index (χ2n) is 8.29. The quantitative estimate of drug-likeness (QED) is 0.515. The van der Waals surface area contributed by atoms with E-state index in [9.17, 15) is 4.79 Å². The lowest BCUT2D eigenvalue weighted by Crippen LogP contribution is -2.52. The van der Waals surface area contributed by atoms with Crippen molar-refractivity contribution < 1.29 is 4.79 Å². The Balaban J connectivity index is 1.84. The van der Waals surface area contributed by atoms with Crippen LogP contribution in [0, 0.1) is 0 Å². The van der Waals surface area contributed by atoms with Crippen molar-refractivity contribution in [3.8, 4) is 0 Å². The highest BCUT2D eigenvalue weighted by Crippen LogP contribution is 2.59. The highest BCUT2D eigenvalue weighted by molar-refractivity contribution is 6.31. The molecule has 0 saturated heterocycles. The molecule has 2 aromatic carbocycles. The Morgan fingerprint density at radius 2 is 2.06 bits per heavy atom. The summed E-state index contributed by atoms with van der Waals surface area (Å²) in [6, 6.07) is 13.1. The van der Waals surface area contributed by atoms with E-state index in [0.29, 0.717) is 16.5 Å². The van der Waals surface area contributed by atoms with Gasteiger partial charge in [-0.25, -0.2) is 0 Å². The topological polar surface area (TPSA) is 59.8 Å². The van der Waals surface area contributed by atoms with Crippen LogP contribution in [0.25, 0.3) is 0 Å². The van der Waals surface area contributed by atoms with E-state index in [1.165, 1.54) is 0 Å². The molecule has 0 fully saturated rings. The van der Waals surface area contributed by atoms with Crippen LogP contribution in [0.3, 0.4) is 0 Å². The Kier molecular flexibility index (Phi) is 4.91. The molecule has 7 heteroatoms. The fourth-order valence-electron chi connectivity index (χ4n) is 5.41. The smallest absolute Gasteiger partial charge is 0.238 e. The monoisotopic (exact) mass is 452 g/mol. The molecule has 0 bridgehead atoms. The average Bonchev–Trinajstić information content (AvgIpc) is 3.30. The van der Waals surface area contributed by atoms with Gasteiger partial charge in [-0.15, -0.1) is 10.2 Å². The van der Waals surface area contributed by atoms with Crippen molar-refractivity contribution >= 4 is 34.8 Å². The van der Waals surface area contributed by atoms with Crippen LogP contribution in [0.1, 0.15) is 48.7 Å². The molecule has 2 aliphatic heterocycles. The summed E-state index contributed by atoms with van der Waals surface area (Å²) in [5.74, 6) is 0.591. The van der Waals surface area contributed by atoms with Crippen LogP contribution < -0.4 is 5.32 Å². The maximum atomic E-state index is 14.0. The van der Waals surface area contributed by atoms with Crippen LogP contribution in [0.15, 0.2) is 60.9 Å². The predicted molar refractivity (Wildman–Crippen MR) is 123 cm³/mol. The van der Waals surface area contributed by atoms with E-state index in [4.69, 9.17) is 23.2 Å². The summed E-state index contributed by atoms with van der Waals surface area (Å²) in [7, 11) is 0.